The number of fused-ring (bicyclic) bond motifs is 1. The van der Waals surface area contributed by atoms with E-state index in [-0.39, 0.29) is 12.1 Å². The van der Waals surface area contributed by atoms with Crippen molar-refractivity contribution in [1.82, 2.24) is 9.80 Å². The molecule has 5 nitrogen and oxygen atoms in total. The van der Waals surface area contributed by atoms with Gasteiger partial charge < -0.3 is 19.9 Å². The Bertz CT molecular complexity index is 825. The van der Waals surface area contributed by atoms with Crippen LogP contribution in [0, 0.1) is 0 Å². The Morgan fingerprint density at radius 1 is 1.13 bits per heavy atom. The SMILES string of the molecule is C=CCN(C)CCCCCCOC1CCN(C(=O)Nc2cccc3ccccc23)CC1. The van der Waals surface area contributed by atoms with Crippen LogP contribution in [0.25, 0.3) is 10.8 Å². The molecular formula is C26H37N3O2. The van der Waals surface area contributed by atoms with Gasteiger partial charge in [-0.05, 0) is 50.7 Å². The minimum atomic E-state index is -0.0174. The normalized spacial score (nSPS) is 14.8. The summed E-state index contributed by atoms with van der Waals surface area (Å²) >= 11 is 0. The molecule has 168 valence electrons. The Balaban J connectivity index is 1.30. The molecule has 0 aromatic heterocycles. The van der Waals surface area contributed by atoms with Crippen LogP contribution in [0.4, 0.5) is 10.5 Å². The van der Waals surface area contributed by atoms with E-state index in [1.807, 2.05) is 41.3 Å². The highest BCUT2D eigenvalue weighted by Gasteiger charge is 2.23. The molecule has 1 heterocycles. The predicted octanol–water partition coefficient (Wildman–Crippen LogP) is 5.53. The molecule has 1 fully saturated rings. The summed E-state index contributed by atoms with van der Waals surface area (Å²) in [5.74, 6) is 0. The Kier molecular flexibility index (Phi) is 9.38. The second-order valence-electron chi connectivity index (χ2n) is 8.48. The maximum Gasteiger partial charge on any atom is 0.321 e. The molecule has 2 amide bonds. The van der Waals surface area contributed by atoms with E-state index in [1.54, 1.807) is 0 Å². The molecular weight excluding hydrogens is 386 g/mol. The van der Waals surface area contributed by atoms with Gasteiger partial charge in [0.25, 0.3) is 0 Å². The minimum Gasteiger partial charge on any atom is -0.378 e. The van der Waals surface area contributed by atoms with Crippen LogP contribution in [0.5, 0.6) is 0 Å². The second kappa shape index (κ2) is 12.5. The van der Waals surface area contributed by atoms with E-state index >= 15 is 0 Å². The Morgan fingerprint density at radius 2 is 1.87 bits per heavy atom. The van der Waals surface area contributed by atoms with Gasteiger partial charge in [-0.3, -0.25) is 0 Å². The summed E-state index contributed by atoms with van der Waals surface area (Å²) in [6.45, 7) is 8.19. The lowest BCUT2D eigenvalue weighted by Crippen LogP contribution is -2.43. The number of nitrogens with zero attached hydrogens (tertiary/aromatic N) is 2. The number of nitrogens with one attached hydrogen (secondary N) is 1. The molecule has 31 heavy (non-hydrogen) atoms. The summed E-state index contributed by atoms with van der Waals surface area (Å²) in [4.78, 5) is 16.9. The largest absolute Gasteiger partial charge is 0.378 e. The minimum absolute atomic E-state index is 0.0174. The molecule has 3 rings (SSSR count). The molecule has 0 aliphatic carbocycles. The number of piperidine rings is 1. The zero-order chi connectivity index (χ0) is 21.9. The van der Waals surface area contributed by atoms with E-state index in [4.69, 9.17) is 4.74 Å². The van der Waals surface area contributed by atoms with Crippen molar-refractivity contribution < 1.29 is 9.53 Å². The molecule has 1 saturated heterocycles. The average Bonchev–Trinajstić information content (AvgIpc) is 2.79. The average molecular weight is 424 g/mol. The van der Waals surface area contributed by atoms with Crippen LogP contribution >= 0.6 is 0 Å². The van der Waals surface area contributed by atoms with E-state index in [1.165, 1.54) is 19.3 Å². The van der Waals surface area contributed by atoms with Gasteiger partial charge >= 0.3 is 6.03 Å². The summed E-state index contributed by atoms with van der Waals surface area (Å²) in [5.41, 5.74) is 0.872. The maximum atomic E-state index is 12.7. The van der Waals surface area contributed by atoms with Gasteiger partial charge in [0, 0.05) is 31.6 Å². The van der Waals surface area contributed by atoms with Crippen LogP contribution in [-0.2, 0) is 4.74 Å². The van der Waals surface area contributed by atoms with E-state index in [9.17, 15) is 4.79 Å². The second-order valence-corrected chi connectivity index (χ2v) is 8.48. The van der Waals surface area contributed by atoms with Gasteiger partial charge in [-0.25, -0.2) is 4.79 Å². The molecule has 2 aromatic rings. The highest BCUT2D eigenvalue weighted by atomic mass is 16.5. The summed E-state index contributed by atoms with van der Waals surface area (Å²) in [6.07, 6.45) is 8.87. The van der Waals surface area contributed by atoms with E-state index < -0.39 is 0 Å². The molecule has 0 atom stereocenters. The van der Waals surface area contributed by atoms with Crippen LogP contribution in [0.15, 0.2) is 55.1 Å². The smallest absolute Gasteiger partial charge is 0.321 e. The van der Waals surface area contributed by atoms with Gasteiger partial charge in [-0.15, -0.1) is 6.58 Å². The number of ether oxygens (including phenoxy) is 1. The van der Waals surface area contributed by atoms with Gasteiger partial charge in [0.15, 0.2) is 0 Å². The van der Waals surface area contributed by atoms with Crippen molar-refractivity contribution in [3.05, 3.63) is 55.1 Å². The van der Waals surface area contributed by atoms with Crippen molar-refractivity contribution in [2.45, 2.75) is 44.6 Å². The van der Waals surface area contributed by atoms with Crippen molar-refractivity contribution in [1.29, 1.82) is 0 Å². The van der Waals surface area contributed by atoms with Gasteiger partial charge in [-0.2, -0.15) is 0 Å². The fourth-order valence-electron chi connectivity index (χ4n) is 4.15. The molecule has 2 aromatic carbocycles. The number of likely N-dealkylation sites (tertiary alicyclic amines) is 1. The van der Waals surface area contributed by atoms with Crippen LogP contribution < -0.4 is 5.32 Å². The number of likely N-dealkylation sites (N-methyl/N-ethyl adjacent to an activating group) is 1. The third-order valence-corrected chi connectivity index (χ3v) is 5.99. The summed E-state index contributed by atoms with van der Waals surface area (Å²) in [5, 5.41) is 5.30. The number of unbranched alkanes of at least 4 members (excludes halogenated alkanes) is 3. The third-order valence-electron chi connectivity index (χ3n) is 5.99. The fourth-order valence-corrected chi connectivity index (χ4v) is 4.15. The van der Waals surface area contributed by atoms with E-state index in [0.29, 0.717) is 0 Å². The maximum absolute atomic E-state index is 12.7. The zero-order valence-electron chi connectivity index (χ0n) is 18.9. The topological polar surface area (TPSA) is 44.8 Å². The van der Waals surface area contributed by atoms with Crippen LogP contribution in [0.3, 0.4) is 0 Å². The molecule has 1 aliphatic rings. The third kappa shape index (κ3) is 7.37. The van der Waals surface area contributed by atoms with Crippen molar-refractivity contribution in [3.8, 4) is 0 Å². The van der Waals surface area contributed by atoms with Crippen LogP contribution in [-0.4, -0.2) is 61.8 Å². The van der Waals surface area contributed by atoms with E-state index in [2.05, 4.69) is 36.0 Å². The molecule has 5 heteroatoms. The molecule has 1 aliphatic heterocycles. The first-order valence-corrected chi connectivity index (χ1v) is 11.6. The number of rotatable bonds is 11. The Morgan fingerprint density at radius 3 is 2.68 bits per heavy atom. The number of urea groups is 1. The Labute approximate surface area is 187 Å². The van der Waals surface area contributed by atoms with Crippen molar-refractivity contribution >= 4 is 22.5 Å². The summed E-state index contributed by atoms with van der Waals surface area (Å²) in [6, 6.07) is 14.1. The molecule has 1 N–H and O–H groups in total. The summed E-state index contributed by atoms with van der Waals surface area (Å²) in [7, 11) is 2.14. The standard InChI is InChI=1S/C26H37N3O2/c1-3-17-28(2)18-8-4-5-9-21-31-23-15-19-29(20-16-23)26(30)27-25-14-10-12-22-11-6-7-13-24(22)25/h3,6-7,10-14,23H,1,4-5,8-9,15-21H2,2H3,(H,27,30). The first-order valence-electron chi connectivity index (χ1n) is 11.6. The summed E-state index contributed by atoms with van der Waals surface area (Å²) < 4.78 is 6.07. The molecule has 0 spiro atoms. The van der Waals surface area contributed by atoms with Crippen molar-refractivity contribution in [2.24, 2.45) is 0 Å². The number of carbonyl (C=O) groups is 1. The number of hydrogen-bond acceptors (Lipinski definition) is 3. The lowest BCUT2D eigenvalue weighted by atomic mass is 10.1. The van der Waals surface area contributed by atoms with E-state index in [0.717, 1.165) is 68.5 Å². The van der Waals surface area contributed by atoms with Gasteiger partial charge in [0.1, 0.15) is 0 Å². The molecule has 0 bridgehead atoms. The quantitative estimate of drug-likeness (QED) is 0.382. The van der Waals surface area contributed by atoms with Crippen LogP contribution in [0.2, 0.25) is 0 Å². The zero-order valence-corrected chi connectivity index (χ0v) is 18.9. The first-order chi connectivity index (χ1) is 15.2. The monoisotopic (exact) mass is 423 g/mol. The van der Waals surface area contributed by atoms with Gasteiger partial charge in [-0.1, -0.05) is 55.3 Å². The van der Waals surface area contributed by atoms with Gasteiger partial charge in [0.05, 0.1) is 11.8 Å². The highest BCUT2D eigenvalue weighted by molar-refractivity contribution is 6.01. The molecule has 0 saturated carbocycles. The number of benzene rings is 2. The first kappa shape index (κ1) is 23.3. The lowest BCUT2D eigenvalue weighted by molar-refractivity contribution is 0.0140. The number of amides is 2. The van der Waals surface area contributed by atoms with Crippen LogP contribution in [0.1, 0.15) is 38.5 Å². The lowest BCUT2D eigenvalue weighted by Gasteiger charge is -2.32. The molecule has 0 radical (unpaired) electrons. The number of carbonyl (C=O) groups excluding carboxylic acids is 1. The Hall–Kier alpha value is -2.37. The number of hydrogen-bond donors (Lipinski definition) is 1. The van der Waals surface area contributed by atoms with Crippen molar-refractivity contribution in [2.75, 3.05) is 45.2 Å². The predicted molar refractivity (Wildman–Crippen MR) is 130 cm³/mol. The van der Waals surface area contributed by atoms with Crippen molar-refractivity contribution in [3.63, 3.8) is 0 Å². The fraction of sp³-hybridized carbons (Fsp3) is 0.500. The molecule has 0 unspecified atom stereocenters. The highest BCUT2D eigenvalue weighted by Crippen LogP contribution is 2.24. The number of anilines is 1. The van der Waals surface area contributed by atoms with Gasteiger partial charge in [0.2, 0.25) is 0 Å².